The molecule has 3 atom stereocenters. The number of nitrogens with zero attached hydrogens (tertiary/aromatic N) is 3. The standard InChI is InChI=1S/C31H33N5O9/c1-44-22-10-5-11-23-27(22)34-30(45-23)28(41)20(17-26(39)40)33-29(42)21-9-6-16-35-25(38)15-13-19(31(43)36(21)35)32-24(37)14-12-18-7-3-2-4-8-18/h2-5,7-8,10-11,19-21H,6,9,12-17H2,1H3,(H,32,37)(H,33,42)(H,39,40)/t19?,20-,21-/m0/s1. The number of amides is 4. The van der Waals surface area contributed by atoms with E-state index in [4.69, 9.17) is 9.15 Å². The Bertz CT molecular complexity index is 1620. The number of hydrazine groups is 1. The van der Waals surface area contributed by atoms with Gasteiger partial charge in [0.15, 0.2) is 11.1 Å². The smallest absolute Gasteiger partial charge is 0.305 e. The van der Waals surface area contributed by atoms with Gasteiger partial charge >= 0.3 is 5.97 Å². The molecule has 0 saturated carbocycles. The molecule has 0 spiro atoms. The number of ether oxygens (including phenoxy) is 1. The minimum atomic E-state index is -1.59. The van der Waals surface area contributed by atoms with Crippen LogP contribution >= 0.6 is 0 Å². The van der Waals surface area contributed by atoms with Gasteiger partial charge in [0.1, 0.15) is 23.9 Å². The van der Waals surface area contributed by atoms with E-state index in [1.165, 1.54) is 12.1 Å². The normalized spacial score (nSPS) is 19.0. The molecule has 3 aromatic rings. The van der Waals surface area contributed by atoms with Crippen LogP contribution in [0.3, 0.4) is 0 Å². The molecule has 2 fully saturated rings. The molecule has 2 aromatic carbocycles. The lowest BCUT2D eigenvalue weighted by Gasteiger charge is -2.43. The highest BCUT2D eigenvalue weighted by atomic mass is 16.5. The Hall–Kier alpha value is -5.27. The van der Waals surface area contributed by atoms with E-state index in [2.05, 4.69) is 15.6 Å². The third kappa shape index (κ3) is 6.95. The first-order valence-corrected chi connectivity index (χ1v) is 14.6. The summed E-state index contributed by atoms with van der Waals surface area (Å²) in [7, 11) is 1.42. The Balaban J connectivity index is 1.33. The number of carboxylic acids is 1. The Kier molecular flexibility index (Phi) is 9.40. The van der Waals surface area contributed by atoms with E-state index in [1.807, 2.05) is 30.3 Å². The molecule has 14 nitrogen and oxygen atoms in total. The maximum absolute atomic E-state index is 13.8. The number of rotatable bonds is 11. The molecule has 1 aromatic heterocycles. The zero-order valence-corrected chi connectivity index (χ0v) is 24.6. The van der Waals surface area contributed by atoms with Gasteiger partial charge in [-0.05, 0) is 43.4 Å². The average Bonchev–Trinajstić information content (AvgIpc) is 3.44. The largest absolute Gasteiger partial charge is 0.494 e. The third-order valence-electron chi connectivity index (χ3n) is 7.81. The molecule has 2 saturated heterocycles. The summed E-state index contributed by atoms with van der Waals surface area (Å²) in [5, 5.41) is 16.9. The molecular formula is C31H33N5O9. The molecule has 0 aliphatic carbocycles. The number of para-hydroxylation sites is 1. The second-order valence-electron chi connectivity index (χ2n) is 10.9. The topological polar surface area (TPSA) is 188 Å². The van der Waals surface area contributed by atoms with E-state index in [-0.39, 0.29) is 55.1 Å². The number of carbonyl (C=O) groups is 6. The number of Topliss-reactive ketones (excluding diaryl/α,β-unsaturated/α-hetero) is 1. The maximum atomic E-state index is 13.8. The quantitative estimate of drug-likeness (QED) is 0.266. The molecule has 5 rings (SSSR count). The van der Waals surface area contributed by atoms with Gasteiger partial charge in [-0.15, -0.1) is 0 Å². The van der Waals surface area contributed by atoms with E-state index < -0.39 is 54.0 Å². The van der Waals surface area contributed by atoms with Crippen LogP contribution in [-0.2, 0) is 30.4 Å². The number of nitrogens with one attached hydrogen (secondary N) is 2. The van der Waals surface area contributed by atoms with Crippen molar-refractivity contribution >= 4 is 46.5 Å². The van der Waals surface area contributed by atoms with Crippen molar-refractivity contribution in [3.63, 3.8) is 0 Å². The molecule has 2 aliphatic rings. The van der Waals surface area contributed by atoms with Crippen molar-refractivity contribution in [2.75, 3.05) is 13.7 Å². The van der Waals surface area contributed by atoms with Crippen LogP contribution in [0.25, 0.3) is 11.1 Å². The summed E-state index contributed by atoms with van der Waals surface area (Å²) in [6.07, 6.45) is 0.340. The molecule has 1 unspecified atom stereocenters. The van der Waals surface area contributed by atoms with Crippen LogP contribution in [-0.4, -0.2) is 87.3 Å². The SMILES string of the molecule is COc1cccc2oc(C(=O)[C@H](CC(=O)O)NC(=O)[C@@H]3CCCN4C(=O)CCC(NC(=O)CCc5ccccc5)C(=O)N34)nc12. The summed E-state index contributed by atoms with van der Waals surface area (Å²) in [4.78, 5) is 82.5. The maximum Gasteiger partial charge on any atom is 0.305 e. The highest BCUT2D eigenvalue weighted by Gasteiger charge is 2.45. The number of hydrogen-bond donors (Lipinski definition) is 3. The van der Waals surface area contributed by atoms with Gasteiger partial charge in [0.25, 0.3) is 11.8 Å². The Morgan fingerprint density at radius 3 is 2.60 bits per heavy atom. The fourth-order valence-electron chi connectivity index (χ4n) is 5.57. The van der Waals surface area contributed by atoms with Gasteiger partial charge in [-0.3, -0.25) is 33.8 Å². The summed E-state index contributed by atoms with van der Waals surface area (Å²) in [5.74, 6) is -4.58. The van der Waals surface area contributed by atoms with Crippen LogP contribution in [0.2, 0.25) is 0 Å². The number of aryl methyl sites for hydroxylation is 1. The summed E-state index contributed by atoms with van der Waals surface area (Å²) < 4.78 is 10.8. The highest BCUT2D eigenvalue weighted by molar-refractivity contribution is 6.03. The molecule has 3 heterocycles. The number of oxazole rings is 1. The van der Waals surface area contributed by atoms with Crippen LogP contribution in [0.1, 0.15) is 54.8 Å². The number of carbonyl (C=O) groups excluding carboxylic acids is 5. The lowest BCUT2D eigenvalue weighted by molar-refractivity contribution is -0.176. The van der Waals surface area contributed by atoms with Crippen molar-refractivity contribution in [3.8, 4) is 5.75 Å². The lowest BCUT2D eigenvalue weighted by atomic mass is 10.0. The highest BCUT2D eigenvalue weighted by Crippen LogP contribution is 2.27. The van der Waals surface area contributed by atoms with E-state index in [9.17, 15) is 33.9 Å². The minimum absolute atomic E-state index is 0.0263. The molecular weight excluding hydrogens is 586 g/mol. The van der Waals surface area contributed by atoms with Gasteiger partial charge in [-0.1, -0.05) is 36.4 Å². The van der Waals surface area contributed by atoms with Crippen molar-refractivity contribution in [2.24, 2.45) is 0 Å². The summed E-state index contributed by atoms with van der Waals surface area (Å²) in [6, 6.07) is 10.3. The van der Waals surface area contributed by atoms with Gasteiger partial charge in [0, 0.05) is 19.4 Å². The molecule has 0 radical (unpaired) electrons. The number of carboxylic acid groups (broad SMARTS) is 1. The number of fused-ring (bicyclic) bond motifs is 2. The number of aliphatic carboxylic acids is 1. The Morgan fingerprint density at radius 2 is 1.87 bits per heavy atom. The van der Waals surface area contributed by atoms with Gasteiger partial charge < -0.3 is 24.9 Å². The first kappa shape index (κ1) is 31.2. The van der Waals surface area contributed by atoms with Gasteiger partial charge in [-0.2, -0.15) is 0 Å². The zero-order valence-electron chi connectivity index (χ0n) is 24.6. The second-order valence-corrected chi connectivity index (χ2v) is 10.9. The van der Waals surface area contributed by atoms with Crippen molar-refractivity contribution < 1.29 is 43.0 Å². The summed E-state index contributed by atoms with van der Waals surface area (Å²) >= 11 is 0. The Morgan fingerprint density at radius 1 is 1.09 bits per heavy atom. The average molecular weight is 620 g/mol. The van der Waals surface area contributed by atoms with E-state index >= 15 is 0 Å². The van der Waals surface area contributed by atoms with Gasteiger partial charge in [-0.25, -0.2) is 9.99 Å². The van der Waals surface area contributed by atoms with Crippen molar-refractivity contribution in [1.29, 1.82) is 0 Å². The van der Waals surface area contributed by atoms with Crippen molar-refractivity contribution in [1.82, 2.24) is 25.6 Å². The minimum Gasteiger partial charge on any atom is -0.494 e. The predicted molar refractivity (Wildman–Crippen MR) is 157 cm³/mol. The van der Waals surface area contributed by atoms with Crippen molar-refractivity contribution in [2.45, 2.75) is 63.1 Å². The fourth-order valence-corrected chi connectivity index (χ4v) is 5.57. The van der Waals surface area contributed by atoms with E-state index in [1.54, 1.807) is 18.2 Å². The van der Waals surface area contributed by atoms with Gasteiger partial charge in [0.05, 0.1) is 13.5 Å². The van der Waals surface area contributed by atoms with Crippen LogP contribution < -0.4 is 15.4 Å². The molecule has 14 heteroatoms. The number of methoxy groups -OCH3 is 1. The molecule has 3 N–H and O–H groups in total. The van der Waals surface area contributed by atoms with Crippen LogP contribution in [0.5, 0.6) is 5.75 Å². The van der Waals surface area contributed by atoms with Crippen LogP contribution in [0, 0.1) is 0 Å². The lowest BCUT2D eigenvalue weighted by Crippen LogP contribution is -2.64. The number of benzene rings is 2. The molecule has 4 amide bonds. The van der Waals surface area contributed by atoms with E-state index in [0.717, 1.165) is 10.6 Å². The monoisotopic (exact) mass is 619 g/mol. The number of hydrogen-bond acceptors (Lipinski definition) is 9. The molecule has 2 aliphatic heterocycles. The van der Waals surface area contributed by atoms with Crippen LogP contribution in [0.4, 0.5) is 0 Å². The number of aromatic nitrogens is 1. The van der Waals surface area contributed by atoms with Crippen LogP contribution in [0.15, 0.2) is 52.9 Å². The Labute approximate surface area is 257 Å². The predicted octanol–water partition coefficient (Wildman–Crippen LogP) is 1.62. The zero-order chi connectivity index (χ0) is 32.1. The summed E-state index contributed by atoms with van der Waals surface area (Å²) in [6.45, 7) is 0.186. The molecule has 236 valence electrons. The first-order valence-electron chi connectivity index (χ1n) is 14.6. The fraction of sp³-hybridized carbons (Fsp3) is 0.387. The van der Waals surface area contributed by atoms with Gasteiger partial charge in [0.2, 0.25) is 23.5 Å². The summed E-state index contributed by atoms with van der Waals surface area (Å²) in [5.41, 5.74) is 1.43. The second kappa shape index (κ2) is 13.6. The third-order valence-corrected chi connectivity index (χ3v) is 7.81. The molecule has 0 bridgehead atoms. The van der Waals surface area contributed by atoms with E-state index in [0.29, 0.717) is 18.6 Å². The number of ketones is 1. The first-order chi connectivity index (χ1) is 21.7. The van der Waals surface area contributed by atoms with Crippen molar-refractivity contribution in [3.05, 3.63) is 60.0 Å². The molecule has 45 heavy (non-hydrogen) atoms.